The van der Waals surface area contributed by atoms with Crippen LogP contribution in [0.25, 0.3) is 0 Å². The van der Waals surface area contributed by atoms with Gasteiger partial charge in [-0.25, -0.2) is 4.39 Å². The van der Waals surface area contributed by atoms with Crippen LogP contribution in [0.4, 0.5) is 4.39 Å². The minimum atomic E-state index is -3.58. The molecule has 7 heteroatoms. The van der Waals surface area contributed by atoms with Gasteiger partial charge < -0.3 is 0 Å². The summed E-state index contributed by atoms with van der Waals surface area (Å²) in [5.41, 5.74) is 1.88. The summed E-state index contributed by atoms with van der Waals surface area (Å²) in [6.07, 6.45) is 1.53. The molecule has 2 aromatic rings. The van der Waals surface area contributed by atoms with Crippen LogP contribution < -0.4 is 9.44 Å². The van der Waals surface area contributed by atoms with Gasteiger partial charge in [-0.15, -0.1) is 0 Å². The third-order valence-corrected chi connectivity index (χ3v) is 5.60. The van der Waals surface area contributed by atoms with Gasteiger partial charge >= 0.3 is 0 Å². The minimum Gasteiger partial charge on any atom is -0.207 e. The highest BCUT2D eigenvalue weighted by molar-refractivity contribution is 7.87. The Morgan fingerprint density at radius 3 is 2.29 bits per heavy atom. The van der Waals surface area contributed by atoms with Crippen LogP contribution in [0.2, 0.25) is 5.02 Å². The second-order valence-electron chi connectivity index (χ2n) is 5.99. The van der Waals surface area contributed by atoms with Crippen LogP contribution >= 0.6 is 11.6 Å². The van der Waals surface area contributed by atoms with Crippen molar-refractivity contribution in [2.24, 2.45) is 0 Å². The van der Waals surface area contributed by atoms with Crippen LogP contribution in [0.1, 0.15) is 29.9 Å². The molecule has 1 aliphatic carbocycles. The van der Waals surface area contributed by atoms with Crippen LogP contribution in [0.5, 0.6) is 0 Å². The summed E-state index contributed by atoms with van der Waals surface area (Å²) >= 11 is 5.87. The van der Waals surface area contributed by atoms with Crippen molar-refractivity contribution in [2.75, 3.05) is 0 Å². The standard InChI is InChI=1S/C17H18ClFN2O2S/c18-15-5-3-13(4-6-15)14-9-17(10-14)21-24(22,23)20-11-12-1-7-16(19)8-2-12/h1-8,14,17,20-21H,9-11H2. The monoisotopic (exact) mass is 368 g/mol. The van der Waals surface area contributed by atoms with Crippen molar-refractivity contribution in [3.8, 4) is 0 Å². The number of rotatable bonds is 6. The predicted molar refractivity (Wildman–Crippen MR) is 92.5 cm³/mol. The Morgan fingerprint density at radius 2 is 1.67 bits per heavy atom. The number of hydrogen-bond donors (Lipinski definition) is 2. The first-order chi connectivity index (χ1) is 11.4. The lowest BCUT2D eigenvalue weighted by Gasteiger charge is -2.35. The van der Waals surface area contributed by atoms with E-state index < -0.39 is 10.2 Å². The van der Waals surface area contributed by atoms with E-state index in [2.05, 4.69) is 9.44 Å². The van der Waals surface area contributed by atoms with E-state index >= 15 is 0 Å². The lowest BCUT2D eigenvalue weighted by molar-refractivity contribution is 0.325. The number of nitrogens with one attached hydrogen (secondary N) is 2. The fourth-order valence-corrected chi connectivity index (χ4v) is 3.96. The third-order valence-electron chi connectivity index (χ3n) is 4.18. The average Bonchev–Trinajstić information content (AvgIpc) is 2.51. The van der Waals surface area contributed by atoms with Gasteiger partial charge in [0.05, 0.1) is 0 Å². The Labute approximate surface area is 146 Å². The number of halogens is 2. The Bertz CT molecular complexity index is 788. The molecule has 2 N–H and O–H groups in total. The molecule has 24 heavy (non-hydrogen) atoms. The van der Waals surface area contributed by atoms with Crippen LogP contribution in [-0.4, -0.2) is 14.5 Å². The summed E-state index contributed by atoms with van der Waals surface area (Å²) < 4.78 is 42.0. The molecular formula is C17H18ClFN2O2S. The highest BCUT2D eigenvalue weighted by atomic mass is 35.5. The van der Waals surface area contributed by atoms with E-state index in [-0.39, 0.29) is 18.4 Å². The average molecular weight is 369 g/mol. The second kappa shape index (κ2) is 7.19. The molecule has 1 aliphatic rings. The van der Waals surface area contributed by atoms with Crippen LogP contribution in [0, 0.1) is 5.82 Å². The van der Waals surface area contributed by atoms with E-state index in [1.165, 1.54) is 17.7 Å². The summed E-state index contributed by atoms with van der Waals surface area (Å²) in [6, 6.07) is 13.3. The molecule has 0 aromatic heterocycles. The number of benzene rings is 2. The molecule has 0 unspecified atom stereocenters. The zero-order valence-corrected chi connectivity index (χ0v) is 14.4. The summed E-state index contributed by atoms with van der Waals surface area (Å²) in [6.45, 7) is 0.128. The maximum absolute atomic E-state index is 12.8. The molecule has 0 saturated heterocycles. The van der Waals surface area contributed by atoms with Gasteiger partial charge in [-0.05, 0) is 54.2 Å². The summed E-state index contributed by atoms with van der Waals surface area (Å²) in [7, 11) is -3.58. The molecular weight excluding hydrogens is 351 g/mol. The first kappa shape index (κ1) is 17.4. The molecule has 4 nitrogen and oxygen atoms in total. The van der Waals surface area contributed by atoms with Crippen LogP contribution in [-0.2, 0) is 16.8 Å². The Morgan fingerprint density at radius 1 is 1.04 bits per heavy atom. The van der Waals surface area contributed by atoms with Crippen molar-refractivity contribution < 1.29 is 12.8 Å². The molecule has 1 fully saturated rings. The molecule has 128 valence electrons. The highest BCUT2D eigenvalue weighted by Gasteiger charge is 2.32. The minimum absolute atomic E-state index is 0.0728. The van der Waals surface area contributed by atoms with Gasteiger partial charge in [0.1, 0.15) is 5.82 Å². The lowest BCUT2D eigenvalue weighted by atomic mass is 9.76. The SMILES string of the molecule is O=S(=O)(NCc1ccc(F)cc1)NC1CC(c2ccc(Cl)cc2)C1. The molecule has 2 aromatic carbocycles. The fourth-order valence-electron chi connectivity index (χ4n) is 2.76. The third kappa shape index (κ3) is 4.54. The van der Waals surface area contributed by atoms with Gasteiger partial charge in [-0.3, -0.25) is 0 Å². The molecule has 1 saturated carbocycles. The summed E-state index contributed by atoms with van der Waals surface area (Å²) in [5.74, 6) is 0.00880. The smallest absolute Gasteiger partial charge is 0.207 e. The molecule has 0 atom stereocenters. The van der Waals surface area contributed by atoms with Crippen molar-refractivity contribution in [3.05, 3.63) is 70.5 Å². The molecule has 0 bridgehead atoms. The van der Waals surface area contributed by atoms with Crippen molar-refractivity contribution in [2.45, 2.75) is 31.3 Å². The molecule has 0 spiro atoms. The molecule has 0 heterocycles. The van der Waals surface area contributed by atoms with E-state index in [1.807, 2.05) is 24.3 Å². The van der Waals surface area contributed by atoms with Gasteiger partial charge in [-0.1, -0.05) is 35.9 Å². The quantitative estimate of drug-likeness (QED) is 0.821. The van der Waals surface area contributed by atoms with Crippen molar-refractivity contribution in [1.29, 1.82) is 0 Å². The Balaban J connectivity index is 1.47. The van der Waals surface area contributed by atoms with Crippen molar-refractivity contribution in [3.63, 3.8) is 0 Å². The van der Waals surface area contributed by atoms with Crippen molar-refractivity contribution in [1.82, 2.24) is 9.44 Å². The molecule has 0 amide bonds. The highest BCUT2D eigenvalue weighted by Crippen LogP contribution is 2.37. The normalized spacial score (nSPS) is 20.6. The van der Waals surface area contributed by atoms with Gasteiger partial charge in [0.25, 0.3) is 10.2 Å². The topological polar surface area (TPSA) is 58.2 Å². The van der Waals surface area contributed by atoms with Crippen LogP contribution in [0.15, 0.2) is 48.5 Å². The molecule has 0 radical (unpaired) electrons. The van der Waals surface area contributed by atoms with Gasteiger partial charge in [0.2, 0.25) is 0 Å². The van der Waals surface area contributed by atoms with E-state index in [1.54, 1.807) is 12.1 Å². The first-order valence-electron chi connectivity index (χ1n) is 7.68. The predicted octanol–water partition coefficient (Wildman–Crippen LogP) is 3.35. The van der Waals surface area contributed by atoms with Gasteiger partial charge in [0, 0.05) is 17.6 Å². The van der Waals surface area contributed by atoms with E-state index in [9.17, 15) is 12.8 Å². The van der Waals surface area contributed by atoms with E-state index in [4.69, 9.17) is 11.6 Å². The fraction of sp³-hybridized carbons (Fsp3) is 0.294. The maximum Gasteiger partial charge on any atom is 0.277 e. The van der Waals surface area contributed by atoms with Gasteiger partial charge in [0.15, 0.2) is 0 Å². The van der Waals surface area contributed by atoms with Crippen LogP contribution in [0.3, 0.4) is 0 Å². The Kier molecular flexibility index (Phi) is 5.20. The summed E-state index contributed by atoms with van der Waals surface area (Å²) in [4.78, 5) is 0. The number of hydrogen-bond acceptors (Lipinski definition) is 2. The summed E-state index contributed by atoms with van der Waals surface area (Å²) in [5, 5.41) is 0.695. The van der Waals surface area contributed by atoms with Gasteiger partial charge in [-0.2, -0.15) is 17.9 Å². The zero-order valence-electron chi connectivity index (χ0n) is 12.9. The van der Waals surface area contributed by atoms with Crippen molar-refractivity contribution >= 4 is 21.8 Å². The Hall–Kier alpha value is -1.47. The zero-order chi connectivity index (χ0) is 17.2. The second-order valence-corrected chi connectivity index (χ2v) is 7.95. The molecule has 0 aliphatic heterocycles. The molecule has 3 rings (SSSR count). The van der Waals surface area contributed by atoms with E-state index in [0.717, 1.165) is 12.8 Å². The first-order valence-corrected chi connectivity index (χ1v) is 9.54. The largest absolute Gasteiger partial charge is 0.277 e. The maximum atomic E-state index is 12.8. The lowest BCUT2D eigenvalue weighted by Crippen LogP contribution is -2.47. The van der Waals surface area contributed by atoms with E-state index in [0.29, 0.717) is 16.5 Å².